The van der Waals surface area contributed by atoms with Crippen molar-refractivity contribution in [3.05, 3.63) is 60.6 Å². The van der Waals surface area contributed by atoms with Crippen molar-refractivity contribution in [2.24, 2.45) is 0 Å². The second kappa shape index (κ2) is 5.69. The summed E-state index contributed by atoms with van der Waals surface area (Å²) in [7, 11) is 0. The fourth-order valence-corrected chi connectivity index (χ4v) is 2.70. The first kappa shape index (κ1) is 13.2. The average molecular weight is 292 g/mol. The zero-order valence-corrected chi connectivity index (χ0v) is 12.1. The van der Waals surface area contributed by atoms with Gasteiger partial charge in [-0.1, -0.05) is 18.2 Å². The van der Waals surface area contributed by atoms with Crippen LogP contribution in [-0.4, -0.2) is 34.6 Å². The van der Waals surface area contributed by atoms with Crippen molar-refractivity contribution in [2.45, 2.75) is 6.10 Å². The fourth-order valence-electron chi connectivity index (χ4n) is 2.70. The molecule has 3 aromatic rings. The Morgan fingerprint density at radius 3 is 2.73 bits per heavy atom. The molecule has 22 heavy (non-hydrogen) atoms. The van der Waals surface area contributed by atoms with Gasteiger partial charge in [0.05, 0.1) is 36.1 Å². The van der Waals surface area contributed by atoms with Crippen LogP contribution in [0.25, 0.3) is 11.0 Å². The van der Waals surface area contributed by atoms with E-state index < -0.39 is 0 Å². The summed E-state index contributed by atoms with van der Waals surface area (Å²) in [6.45, 7) is 2.22. The molecule has 0 N–H and O–H groups in total. The van der Waals surface area contributed by atoms with Crippen molar-refractivity contribution in [3.63, 3.8) is 0 Å². The molecule has 0 saturated carbocycles. The first-order valence-electron chi connectivity index (χ1n) is 7.39. The molecule has 1 saturated heterocycles. The maximum atomic E-state index is 5.85. The van der Waals surface area contributed by atoms with Gasteiger partial charge >= 0.3 is 0 Å². The molecule has 2 aromatic heterocycles. The zero-order valence-electron chi connectivity index (χ0n) is 12.1. The molecule has 1 aliphatic heterocycles. The number of rotatable bonds is 2. The Kier molecular flexibility index (Phi) is 3.40. The van der Waals surface area contributed by atoms with Gasteiger partial charge in [0, 0.05) is 12.7 Å². The summed E-state index contributed by atoms with van der Waals surface area (Å²) < 4.78 is 5.85. The van der Waals surface area contributed by atoms with Crippen LogP contribution in [-0.2, 0) is 4.74 Å². The van der Waals surface area contributed by atoms with Gasteiger partial charge in [-0.3, -0.25) is 9.97 Å². The third-order valence-corrected chi connectivity index (χ3v) is 3.84. The Morgan fingerprint density at radius 2 is 1.86 bits per heavy atom. The minimum atomic E-state index is -0.0248. The summed E-state index contributed by atoms with van der Waals surface area (Å²) in [6.07, 6.45) is 3.61. The predicted octanol–water partition coefficient (Wildman–Crippen LogP) is 2.60. The number of benzene rings is 1. The number of anilines is 1. The molecule has 0 amide bonds. The van der Waals surface area contributed by atoms with E-state index in [9.17, 15) is 0 Å². The number of pyridine rings is 1. The molecule has 0 spiro atoms. The van der Waals surface area contributed by atoms with Gasteiger partial charge in [0.25, 0.3) is 0 Å². The first-order valence-corrected chi connectivity index (χ1v) is 7.39. The number of nitrogens with zero attached hydrogens (tertiary/aromatic N) is 4. The highest BCUT2D eigenvalue weighted by Crippen LogP contribution is 2.24. The monoisotopic (exact) mass is 292 g/mol. The van der Waals surface area contributed by atoms with E-state index >= 15 is 0 Å². The Morgan fingerprint density at radius 1 is 1.00 bits per heavy atom. The molecule has 5 nitrogen and oxygen atoms in total. The van der Waals surface area contributed by atoms with E-state index in [4.69, 9.17) is 9.72 Å². The summed E-state index contributed by atoms with van der Waals surface area (Å²) in [4.78, 5) is 15.8. The highest BCUT2D eigenvalue weighted by Gasteiger charge is 2.24. The van der Waals surface area contributed by atoms with Crippen LogP contribution in [0.2, 0.25) is 0 Å². The van der Waals surface area contributed by atoms with Crippen molar-refractivity contribution in [2.75, 3.05) is 24.6 Å². The molecule has 0 bridgehead atoms. The molecule has 1 aromatic carbocycles. The van der Waals surface area contributed by atoms with Crippen LogP contribution < -0.4 is 4.90 Å². The molecular formula is C17H16N4O. The quantitative estimate of drug-likeness (QED) is 0.726. The van der Waals surface area contributed by atoms with E-state index in [1.165, 1.54) is 0 Å². The summed E-state index contributed by atoms with van der Waals surface area (Å²) in [6, 6.07) is 13.8. The van der Waals surface area contributed by atoms with Gasteiger partial charge in [0.1, 0.15) is 11.9 Å². The van der Waals surface area contributed by atoms with Crippen LogP contribution in [0.15, 0.2) is 54.9 Å². The first-order chi connectivity index (χ1) is 10.9. The maximum absolute atomic E-state index is 5.85. The fraction of sp³-hybridized carbons (Fsp3) is 0.235. The van der Waals surface area contributed by atoms with Crippen LogP contribution >= 0.6 is 0 Å². The minimum absolute atomic E-state index is 0.0248. The van der Waals surface area contributed by atoms with Crippen molar-refractivity contribution in [3.8, 4) is 0 Å². The van der Waals surface area contributed by atoms with E-state index in [0.29, 0.717) is 6.61 Å². The lowest BCUT2D eigenvalue weighted by Crippen LogP contribution is -2.39. The highest BCUT2D eigenvalue weighted by atomic mass is 16.5. The number of ether oxygens (including phenoxy) is 1. The third-order valence-electron chi connectivity index (χ3n) is 3.84. The normalized spacial score (nSPS) is 18.5. The molecule has 0 radical (unpaired) electrons. The predicted molar refractivity (Wildman–Crippen MR) is 84.7 cm³/mol. The van der Waals surface area contributed by atoms with Crippen molar-refractivity contribution >= 4 is 16.9 Å². The third kappa shape index (κ3) is 2.51. The second-order valence-corrected chi connectivity index (χ2v) is 5.28. The summed E-state index contributed by atoms with van der Waals surface area (Å²) in [5, 5.41) is 0. The Hall–Kier alpha value is -2.53. The van der Waals surface area contributed by atoms with Gasteiger partial charge in [-0.05, 0) is 24.3 Å². The Labute approximate surface area is 128 Å². The summed E-state index contributed by atoms with van der Waals surface area (Å²) in [5.41, 5.74) is 2.79. The summed E-state index contributed by atoms with van der Waals surface area (Å²) >= 11 is 0. The molecule has 0 aliphatic carbocycles. The molecule has 5 heteroatoms. The van der Waals surface area contributed by atoms with Gasteiger partial charge in [-0.15, -0.1) is 0 Å². The smallest absolute Gasteiger partial charge is 0.148 e. The van der Waals surface area contributed by atoms with Crippen LogP contribution in [0.3, 0.4) is 0 Å². The molecule has 1 atom stereocenters. The SMILES string of the molecule is c1ccc(C2CN(c3cnc4ccccc4n3)CCO2)nc1. The van der Waals surface area contributed by atoms with Crippen LogP contribution in [0.5, 0.6) is 0 Å². The van der Waals surface area contributed by atoms with Crippen molar-refractivity contribution in [1.29, 1.82) is 0 Å². The van der Waals surface area contributed by atoms with Gasteiger partial charge in [-0.2, -0.15) is 0 Å². The molecule has 3 heterocycles. The van der Waals surface area contributed by atoms with Crippen LogP contribution in [0, 0.1) is 0 Å². The summed E-state index contributed by atoms with van der Waals surface area (Å²) in [5.74, 6) is 0.892. The standard InChI is InChI=1S/C17H16N4O/c1-2-6-14-13(5-1)19-11-17(20-14)21-9-10-22-16(12-21)15-7-3-4-8-18-15/h1-8,11,16H,9-10,12H2. The lowest BCUT2D eigenvalue weighted by Gasteiger charge is -2.33. The number of morpholine rings is 1. The highest BCUT2D eigenvalue weighted by molar-refractivity contribution is 5.75. The maximum Gasteiger partial charge on any atom is 0.148 e. The molecular weight excluding hydrogens is 276 g/mol. The number of aromatic nitrogens is 3. The number of hydrogen-bond acceptors (Lipinski definition) is 5. The number of hydrogen-bond donors (Lipinski definition) is 0. The van der Waals surface area contributed by atoms with E-state index in [2.05, 4.69) is 14.9 Å². The van der Waals surface area contributed by atoms with E-state index in [1.54, 1.807) is 6.20 Å². The number of fused-ring (bicyclic) bond motifs is 1. The van der Waals surface area contributed by atoms with E-state index in [0.717, 1.165) is 35.6 Å². The molecule has 1 aliphatic rings. The van der Waals surface area contributed by atoms with Gasteiger partial charge in [0.2, 0.25) is 0 Å². The topological polar surface area (TPSA) is 51.1 Å². The number of para-hydroxylation sites is 2. The molecule has 4 rings (SSSR count). The molecule has 1 fully saturated rings. The van der Waals surface area contributed by atoms with E-state index in [1.807, 2.05) is 48.7 Å². The van der Waals surface area contributed by atoms with Crippen molar-refractivity contribution in [1.82, 2.24) is 15.0 Å². The Balaban J connectivity index is 1.61. The van der Waals surface area contributed by atoms with Gasteiger partial charge in [-0.25, -0.2) is 4.98 Å². The lowest BCUT2D eigenvalue weighted by atomic mass is 10.2. The van der Waals surface area contributed by atoms with E-state index in [-0.39, 0.29) is 6.10 Å². The largest absolute Gasteiger partial charge is 0.368 e. The van der Waals surface area contributed by atoms with Crippen molar-refractivity contribution < 1.29 is 4.74 Å². The van der Waals surface area contributed by atoms with Crippen LogP contribution in [0.4, 0.5) is 5.82 Å². The molecule has 1 unspecified atom stereocenters. The van der Waals surface area contributed by atoms with Gasteiger partial charge < -0.3 is 9.64 Å². The lowest BCUT2D eigenvalue weighted by molar-refractivity contribution is 0.0368. The second-order valence-electron chi connectivity index (χ2n) is 5.28. The van der Waals surface area contributed by atoms with Gasteiger partial charge in [0.15, 0.2) is 0 Å². The van der Waals surface area contributed by atoms with Crippen LogP contribution in [0.1, 0.15) is 11.8 Å². The minimum Gasteiger partial charge on any atom is -0.368 e. The Bertz CT molecular complexity index is 778. The average Bonchev–Trinajstić information content (AvgIpc) is 2.62. The zero-order chi connectivity index (χ0) is 14.8. The molecule has 110 valence electrons.